The Labute approximate surface area is 221 Å². The fraction of sp³-hybridized carbons (Fsp3) is 0.231. The maximum Gasteiger partial charge on any atom is 0.336 e. The summed E-state index contributed by atoms with van der Waals surface area (Å²) >= 11 is 6.40. The highest BCUT2D eigenvalue weighted by molar-refractivity contribution is 6.32. The van der Waals surface area contributed by atoms with E-state index in [0.717, 1.165) is 12.0 Å². The van der Waals surface area contributed by atoms with Gasteiger partial charge < -0.3 is 14.8 Å². The second-order valence-corrected chi connectivity index (χ2v) is 8.91. The highest BCUT2D eigenvalue weighted by Crippen LogP contribution is 2.45. The first-order valence-corrected chi connectivity index (χ1v) is 11.8. The van der Waals surface area contributed by atoms with Crippen molar-refractivity contribution in [3.05, 3.63) is 96.8 Å². The van der Waals surface area contributed by atoms with Gasteiger partial charge in [0.25, 0.3) is 17.5 Å². The minimum absolute atomic E-state index is 0.0376. The van der Waals surface area contributed by atoms with Gasteiger partial charge in [-0.25, -0.2) is 9.59 Å². The fourth-order valence-corrected chi connectivity index (χ4v) is 4.93. The molecule has 2 aromatic carbocycles. The Hall–Kier alpha value is -4.51. The number of nitro groups is 1. The first-order valence-electron chi connectivity index (χ1n) is 11.4. The van der Waals surface area contributed by atoms with Gasteiger partial charge >= 0.3 is 11.9 Å². The quantitative estimate of drug-likeness (QED) is 0.242. The van der Waals surface area contributed by atoms with Crippen LogP contribution >= 0.6 is 11.6 Å². The molecule has 0 spiro atoms. The standard InChI is InChI=1S/C26H22ClN3O8/c1-13-19(25(33)37-3)22(21-17(27)9-6-10-18(21)30(35)36)20(14(2)28-13)26(34)38-12-11-29-23(31)15-7-4-5-8-16(15)24(29)32/h4-10,22,28H,11-12H2,1-3H3. The van der Waals surface area contributed by atoms with E-state index in [-0.39, 0.29) is 51.7 Å². The maximum absolute atomic E-state index is 13.4. The van der Waals surface area contributed by atoms with Crippen LogP contribution in [0.1, 0.15) is 46.0 Å². The summed E-state index contributed by atoms with van der Waals surface area (Å²) in [6.45, 7) is 2.55. The average molecular weight is 540 g/mol. The summed E-state index contributed by atoms with van der Waals surface area (Å²) in [7, 11) is 1.14. The molecule has 0 aromatic heterocycles. The van der Waals surface area contributed by atoms with Crippen LogP contribution in [0.5, 0.6) is 0 Å². The number of esters is 2. The van der Waals surface area contributed by atoms with Crippen molar-refractivity contribution >= 4 is 41.0 Å². The van der Waals surface area contributed by atoms with Crippen molar-refractivity contribution in [3.8, 4) is 0 Å². The van der Waals surface area contributed by atoms with E-state index >= 15 is 0 Å². The number of carbonyl (C=O) groups is 4. The number of dihydropyridines is 1. The summed E-state index contributed by atoms with van der Waals surface area (Å²) in [5.74, 6) is -4.04. The largest absolute Gasteiger partial charge is 0.466 e. The van der Waals surface area contributed by atoms with Crippen molar-refractivity contribution in [3.63, 3.8) is 0 Å². The van der Waals surface area contributed by atoms with E-state index in [0.29, 0.717) is 5.70 Å². The van der Waals surface area contributed by atoms with Gasteiger partial charge in [0.2, 0.25) is 0 Å². The van der Waals surface area contributed by atoms with E-state index in [4.69, 9.17) is 21.1 Å². The van der Waals surface area contributed by atoms with Gasteiger partial charge in [0, 0.05) is 17.5 Å². The molecule has 12 heteroatoms. The molecular weight excluding hydrogens is 518 g/mol. The molecule has 11 nitrogen and oxygen atoms in total. The maximum atomic E-state index is 13.4. The minimum Gasteiger partial charge on any atom is -0.466 e. The molecule has 1 atom stereocenters. The molecule has 1 N–H and O–H groups in total. The number of nitrogens with zero attached hydrogens (tertiary/aromatic N) is 2. The van der Waals surface area contributed by atoms with Crippen LogP contribution in [-0.2, 0) is 19.1 Å². The number of nitro benzene ring substituents is 1. The number of carbonyl (C=O) groups excluding carboxylic acids is 4. The number of hydrogen-bond donors (Lipinski definition) is 1. The summed E-state index contributed by atoms with van der Waals surface area (Å²) < 4.78 is 10.3. The zero-order chi connectivity index (χ0) is 27.7. The molecule has 0 fully saturated rings. The first kappa shape index (κ1) is 26.6. The molecule has 0 saturated carbocycles. The molecule has 2 aromatic rings. The topological polar surface area (TPSA) is 145 Å². The molecule has 38 heavy (non-hydrogen) atoms. The van der Waals surface area contributed by atoms with Crippen LogP contribution in [0, 0.1) is 10.1 Å². The zero-order valence-electron chi connectivity index (χ0n) is 20.6. The molecule has 1 unspecified atom stereocenters. The van der Waals surface area contributed by atoms with Gasteiger partial charge in [-0.3, -0.25) is 24.6 Å². The molecule has 2 heterocycles. The Kier molecular flexibility index (Phi) is 7.31. The molecule has 2 aliphatic rings. The number of methoxy groups -OCH3 is 1. The van der Waals surface area contributed by atoms with Crippen molar-refractivity contribution in [2.24, 2.45) is 0 Å². The molecule has 4 rings (SSSR count). The smallest absolute Gasteiger partial charge is 0.336 e. The highest BCUT2D eigenvalue weighted by Gasteiger charge is 2.42. The third-order valence-corrected chi connectivity index (χ3v) is 6.66. The van der Waals surface area contributed by atoms with Crippen molar-refractivity contribution in [2.45, 2.75) is 19.8 Å². The number of benzene rings is 2. The van der Waals surface area contributed by atoms with Gasteiger partial charge in [-0.2, -0.15) is 0 Å². The Morgan fingerprint density at radius 2 is 1.58 bits per heavy atom. The lowest BCUT2D eigenvalue weighted by atomic mass is 9.79. The van der Waals surface area contributed by atoms with Crippen LogP contribution in [0.4, 0.5) is 5.69 Å². The number of halogens is 1. The highest BCUT2D eigenvalue weighted by atomic mass is 35.5. The summed E-state index contributed by atoms with van der Waals surface area (Å²) in [5, 5.41) is 14.8. The van der Waals surface area contributed by atoms with Crippen LogP contribution < -0.4 is 5.32 Å². The lowest BCUT2D eigenvalue weighted by molar-refractivity contribution is -0.385. The molecule has 0 aliphatic carbocycles. The van der Waals surface area contributed by atoms with E-state index in [1.807, 2.05) is 0 Å². The first-order chi connectivity index (χ1) is 18.1. The van der Waals surface area contributed by atoms with E-state index in [1.165, 1.54) is 30.3 Å². The fourth-order valence-electron chi connectivity index (χ4n) is 4.65. The third kappa shape index (κ3) is 4.52. The Bertz CT molecular complexity index is 1430. The second-order valence-electron chi connectivity index (χ2n) is 8.50. The number of hydrogen-bond acceptors (Lipinski definition) is 9. The van der Waals surface area contributed by atoms with Gasteiger partial charge in [0.1, 0.15) is 6.61 Å². The van der Waals surface area contributed by atoms with E-state index in [2.05, 4.69) is 5.32 Å². The molecular formula is C26H22ClN3O8. The molecule has 196 valence electrons. The van der Waals surface area contributed by atoms with Crippen LogP contribution in [0.25, 0.3) is 0 Å². The molecule has 0 radical (unpaired) electrons. The van der Waals surface area contributed by atoms with E-state index in [9.17, 15) is 29.3 Å². The number of allylic oxidation sites excluding steroid dienone is 2. The number of imide groups is 1. The predicted molar refractivity (Wildman–Crippen MR) is 134 cm³/mol. The van der Waals surface area contributed by atoms with Crippen LogP contribution in [-0.4, -0.2) is 53.8 Å². The lowest BCUT2D eigenvalue weighted by Gasteiger charge is -2.30. The number of amides is 2. The number of rotatable bonds is 7. The van der Waals surface area contributed by atoms with Gasteiger partial charge in [0.15, 0.2) is 0 Å². The summed E-state index contributed by atoms with van der Waals surface area (Å²) in [4.78, 5) is 63.6. The van der Waals surface area contributed by atoms with E-state index < -0.39 is 40.3 Å². The molecule has 2 amide bonds. The van der Waals surface area contributed by atoms with Gasteiger partial charge in [0.05, 0.1) is 57.4 Å². The SMILES string of the molecule is COC(=O)C1=C(C)NC(C)=C(C(=O)OCCN2C(=O)c3ccccc3C2=O)C1c1c(Cl)cccc1[N+](=O)[O-]. The molecule has 0 saturated heterocycles. The van der Waals surface area contributed by atoms with Crippen molar-refractivity contribution in [1.29, 1.82) is 0 Å². The minimum atomic E-state index is -1.29. The summed E-state index contributed by atoms with van der Waals surface area (Å²) in [6, 6.07) is 10.4. The predicted octanol–water partition coefficient (Wildman–Crippen LogP) is 3.50. The molecule has 0 bridgehead atoms. The Balaban J connectivity index is 1.66. The molecule has 2 aliphatic heterocycles. The van der Waals surface area contributed by atoms with Crippen LogP contribution in [0.3, 0.4) is 0 Å². The van der Waals surface area contributed by atoms with Gasteiger partial charge in [-0.1, -0.05) is 29.8 Å². The summed E-state index contributed by atoms with van der Waals surface area (Å²) in [5.41, 5.74) is 0.476. The number of nitrogens with one attached hydrogen (secondary N) is 1. The normalized spacial score (nSPS) is 16.8. The average Bonchev–Trinajstić information content (AvgIpc) is 3.12. The van der Waals surface area contributed by atoms with Crippen molar-refractivity contribution < 1.29 is 33.6 Å². The van der Waals surface area contributed by atoms with E-state index in [1.54, 1.807) is 26.0 Å². The number of ether oxygens (including phenoxy) is 2. The Morgan fingerprint density at radius 3 is 2.13 bits per heavy atom. The number of fused-ring (bicyclic) bond motifs is 1. The van der Waals surface area contributed by atoms with Crippen LogP contribution in [0.15, 0.2) is 65.0 Å². The third-order valence-electron chi connectivity index (χ3n) is 6.33. The Morgan fingerprint density at radius 1 is 1.00 bits per heavy atom. The van der Waals surface area contributed by atoms with Gasteiger partial charge in [-0.05, 0) is 32.0 Å². The summed E-state index contributed by atoms with van der Waals surface area (Å²) in [6.07, 6.45) is 0. The zero-order valence-corrected chi connectivity index (χ0v) is 21.3. The van der Waals surface area contributed by atoms with Crippen LogP contribution in [0.2, 0.25) is 5.02 Å². The second kappa shape index (κ2) is 10.5. The lowest BCUT2D eigenvalue weighted by Crippen LogP contribution is -2.35. The monoisotopic (exact) mass is 539 g/mol. The van der Waals surface area contributed by atoms with Crippen molar-refractivity contribution in [1.82, 2.24) is 10.2 Å². The van der Waals surface area contributed by atoms with Gasteiger partial charge in [-0.15, -0.1) is 0 Å². The van der Waals surface area contributed by atoms with Crippen molar-refractivity contribution in [2.75, 3.05) is 20.3 Å².